The minimum absolute atomic E-state index is 0.0360. The van der Waals surface area contributed by atoms with Crippen LogP contribution in [-0.2, 0) is 16.0 Å². The molecule has 1 fully saturated rings. The average Bonchev–Trinajstić information content (AvgIpc) is 3.10. The molecule has 35 heavy (non-hydrogen) atoms. The van der Waals surface area contributed by atoms with Gasteiger partial charge in [0.05, 0.1) is 18.2 Å². The monoisotopic (exact) mass is 475 g/mol. The van der Waals surface area contributed by atoms with Gasteiger partial charge in [-0.2, -0.15) is 0 Å². The summed E-state index contributed by atoms with van der Waals surface area (Å²) in [6, 6.07) is 16.6. The van der Waals surface area contributed by atoms with E-state index in [1.54, 1.807) is 43.3 Å². The fourth-order valence-electron chi connectivity index (χ4n) is 4.20. The number of aromatic hydroxyl groups is 1. The molecule has 0 aromatic heterocycles. The van der Waals surface area contributed by atoms with Crippen molar-refractivity contribution < 1.29 is 28.9 Å². The van der Waals surface area contributed by atoms with Gasteiger partial charge in [-0.3, -0.25) is 9.59 Å². The number of amides is 1. The molecule has 1 amide bonds. The lowest BCUT2D eigenvalue weighted by Crippen LogP contribution is -2.31. The number of hydrogen-bond acceptors (Lipinski definition) is 5. The zero-order chi connectivity index (χ0) is 25.1. The maximum Gasteiger partial charge on any atom is 0.295 e. The van der Waals surface area contributed by atoms with Gasteiger partial charge in [0.1, 0.15) is 11.6 Å². The highest BCUT2D eigenvalue weighted by molar-refractivity contribution is 6.46. The van der Waals surface area contributed by atoms with E-state index in [1.807, 2.05) is 19.1 Å². The van der Waals surface area contributed by atoms with Crippen molar-refractivity contribution in [3.63, 3.8) is 0 Å². The quantitative estimate of drug-likeness (QED) is 0.288. The van der Waals surface area contributed by atoms with Gasteiger partial charge in [-0.1, -0.05) is 48.0 Å². The van der Waals surface area contributed by atoms with E-state index in [4.69, 9.17) is 4.74 Å². The number of ether oxygens (including phenoxy) is 1. The highest BCUT2D eigenvalue weighted by Crippen LogP contribution is 2.41. The maximum absolute atomic E-state index is 13.3. The third kappa shape index (κ3) is 4.89. The first-order chi connectivity index (χ1) is 16.8. The van der Waals surface area contributed by atoms with Gasteiger partial charge >= 0.3 is 0 Å². The van der Waals surface area contributed by atoms with Crippen LogP contribution >= 0.6 is 0 Å². The van der Waals surface area contributed by atoms with Crippen molar-refractivity contribution in [2.75, 3.05) is 13.2 Å². The number of rotatable bonds is 7. The van der Waals surface area contributed by atoms with Gasteiger partial charge in [-0.25, -0.2) is 4.39 Å². The first-order valence-electron chi connectivity index (χ1n) is 11.4. The molecule has 1 aliphatic heterocycles. The Hall–Kier alpha value is -4.13. The summed E-state index contributed by atoms with van der Waals surface area (Å²) in [5.41, 5.74) is 2.68. The Morgan fingerprint density at radius 1 is 1.03 bits per heavy atom. The summed E-state index contributed by atoms with van der Waals surface area (Å²) >= 11 is 0. The SMILES string of the molecule is CCOc1cc(C2/C(=C(/O)c3ccc(C)cc3)C(=O)C(=O)N2CCc2ccc(F)cc2)ccc1O. The smallest absolute Gasteiger partial charge is 0.295 e. The normalized spacial score (nSPS) is 17.1. The summed E-state index contributed by atoms with van der Waals surface area (Å²) in [5, 5.41) is 21.3. The van der Waals surface area contributed by atoms with E-state index in [-0.39, 0.29) is 35.2 Å². The number of hydrogen-bond donors (Lipinski definition) is 2. The molecule has 0 radical (unpaired) electrons. The van der Waals surface area contributed by atoms with E-state index in [9.17, 15) is 24.2 Å². The molecule has 2 N–H and O–H groups in total. The average molecular weight is 476 g/mol. The molecule has 4 rings (SSSR count). The topological polar surface area (TPSA) is 87.1 Å². The molecular formula is C28H26FNO5. The lowest BCUT2D eigenvalue weighted by molar-refractivity contribution is -0.139. The van der Waals surface area contributed by atoms with Gasteiger partial charge in [0.25, 0.3) is 11.7 Å². The number of benzene rings is 3. The molecule has 180 valence electrons. The first kappa shape index (κ1) is 24.0. The Kier molecular flexibility index (Phi) is 6.87. The van der Waals surface area contributed by atoms with Crippen LogP contribution in [0.3, 0.4) is 0 Å². The number of halogens is 1. The fourth-order valence-corrected chi connectivity index (χ4v) is 4.20. The summed E-state index contributed by atoms with van der Waals surface area (Å²) in [7, 11) is 0. The van der Waals surface area contributed by atoms with Crippen molar-refractivity contribution in [3.05, 3.63) is 100 Å². The van der Waals surface area contributed by atoms with Crippen LogP contribution in [0.4, 0.5) is 4.39 Å². The molecule has 1 aliphatic rings. The van der Waals surface area contributed by atoms with Crippen molar-refractivity contribution in [1.82, 2.24) is 4.90 Å². The largest absolute Gasteiger partial charge is 0.507 e. The van der Waals surface area contributed by atoms with Crippen molar-refractivity contribution in [2.45, 2.75) is 26.3 Å². The summed E-state index contributed by atoms with van der Waals surface area (Å²) in [5.74, 6) is -2.03. The highest BCUT2D eigenvalue weighted by atomic mass is 19.1. The van der Waals surface area contributed by atoms with Crippen LogP contribution in [0.15, 0.2) is 72.3 Å². The molecular weight excluding hydrogens is 449 g/mol. The molecule has 6 nitrogen and oxygen atoms in total. The predicted molar refractivity (Wildman–Crippen MR) is 130 cm³/mol. The van der Waals surface area contributed by atoms with E-state index >= 15 is 0 Å². The van der Waals surface area contributed by atoms with E-state index in [2.05, 4.69) is 0 Å². The Morgan fingerprint density at radius 2 is 1.71 bits per heavy atom. The summed E-state index contributed by atoms with van der Waals surface area (Å²) in [6.45, 7) is 4.16. The molecule has 7 heteroatoms. The third-order valence-electron chi connectivity index (χ3n) is 6.02. The van der Waals surface area contributed by atoms with Crippen LogP contribution in [0, 0.1) is 12.7 Å². The number of aryl methyl sites for hydroxylation is 1. The van der Waals surface area contributed by atoms with Gasteiger partial charge in [0, 0.05) is 12.1 Å². The minimum Gasteiger partial charge on any atom is -0.507 e. The highest BCUT2D eigenvalue weighted by Gasteiger charge is 2.46. The molecule has 3 aromatic carbocycles. The number of nitrogens with zero attached hydrogens (tertiary/aromatic N) is 1. The Labute approximate surface area is 202 Å². The first-order valence-corrected chi connectivity index (χ1v) is 11.4. The van der Waals surface area contributed by atoms with Crippen LogP contribution in [0.25, 0.3) is 5.76 Å². The molecule has 0 bridgehead atoms. The number of likely N-dealkylation sites (tertiary alicyclic amines) is 1. The number of ketones is 1. The minimum atomic E-state index is -0.892. The van der Waals surface area contributed by atoms with E-state index in [0.717, 1.165) is 11.1 Å². The maximum atomic E-state index is 13.3. The third-order valence-corrected chi connectivity index (χ3v) is 6.02. The number of aliphatic hydroxyl groups excluding tert-OH is 1. The molecule has 1 heterocycles. The number of aliphatic hydroxyl groups is 1. The molecule has 3 aromatic rings. The van der Waals surface area contributed by atoms with Crippen LogP contribution in [0.1, 0.15) is 35.2 Å². The van der Waals surface area contributed by atoms with Crippen LogP contribution < -0.4 is 4.74 Å². The van der Waals surface area contributed by atoms with Crippen LogP contribution in [-0.4, -0.2) is 40.0 Å². The number of Topliss-reactive ketones (excluding diaryl/α,β-unsaturated/α-hetero) is 1. The second-order valence-corrected chi connectivity index (χ2v) is 8.40. The summed E-state index contributed by atoms with van der Waals surface area (Å²) in [6.07, 6.45) is 0.380. The van der Waals surface area contributed by atoms with Gasteiger partial charge in [0.15, 0.2) is 11.5 Å². The summed E-state index contributed by atoms with van der Waals surface area (Å²) < 4.78 is 18.8. The Bertz CT molecular complexity index is 1280. The second-order valence-electron chi connectivity index (χ2n) is 8.40. The summed E-state index contributed by atoms with van der Waals surface area (Å²) in [4.78, 5) is 27.7. The zero-order valence-electron chi connectivity index (χ0n) is 19.5. The van der Waals surface area contributed by atoms with Crippen molar-refractivity contribution in [2.24, 2.45) is 0 Å². The molecule has 0 aliphatic carbocycles. The zero-order valence-corrected chi connectivity index (χ0v) is 19.5. The lowest BCUT2D eigenvalue weighted by Gasteiger charge is -2.26. The number of phenolic OH excluding ortho intramolecular Hbond substituents is 1. The Morgan fingerprint density at radius 3 is 2.37 bits per heavy atom. The van der Waals surface area contributed by atoms with E-state index in [0.29, 0.717) is 24.2 Å². The van der Waals surface area contributed by atoms with Crippen molar-refractivity contribution >= 4 is 17.4 Å². The fraction of sp³-hybridized carbons (Fsp3) is 0.214. The standard InChI is InChI=1S/C28H26FNO5/c1-3-35-23-16-20(10-13-22(23)31)25-24(26(32)19-8-4-17(2)5-9-19)27(33)28(34)30(25)15-14-18-6-11-21(29)12-7-18/h4-13,16,25,31-32H,3,14-15H2,1-2H3/b26-24-. The molecule has 1 unspecified atom stereocenters. The molecule has 1 saturated heterocycles. The molecule has 1 atom stereocenters. The van der Waals surface area contributed by atoms with E-state index in [1.165, 1.54) is 23.1 Å². The van der Waals surface area contributed by atoms with Crippen molar-refractivity contribution in [3.8, 4) is 11.5 Å². The Balaban J connectivity index is 1.80. The number of carbonyl (C=O) groups is 2. The van der Waals surface area contributed by atoms with Gasteiger partial charge in [0.2, 0.25) is 0 Å². The molecule has 0 spiro atoms. The number of carbonyl (C=O) groups excluding carboxylic acids is 2. The van der Waals surface area contributed by atoms with Crippen molar-refractivity contribution in [1.29, 1.82) is 0 Å². The van der Waals surface area contributed by atoms with Gasteiger partial charge in [-0.15, -0.1) is 0 Å². The van der Waals surface area contributed by atoms with Gasteiger partial charge < -0.3 is 19.8 Å². The lowest BCUT2D eigenvalue weighted by atomic mass is 9.94. The van der Waals surface area contributed by atoms with Crippen LogP contribution in [0.2, 0.25) is 0 Å². The predicted octanol–water partition coefficient (Wildman–Crippen LogP) is 4.90. The molecule has 0 saturated carbocycles. The second kappa shape index (κ2) is 10.0. The van der Waals surface area contributed by atoms with E-state index < -0.39 is 17.7 Å². The van der Waals surface area contributed by atoms with Gasteiger partial charge in [-0.05, 0) is 55.7 Å². The van der Waals surface area contributed by atoms with Crippen LogP contribution in [0.5, 0.6) is 11.5 Å². The number of phenols is 1.